The van der Waals surface area contributed by atoms with Crippen LogP contribution in [-0.4, -0.2) is 28.9 Å². The van der Waals surface area contributed by atoms with Crippen LogP contribution < -0.4 is 9.64 Å². The minimum absolute atomic E-state index is 0.0907. The van der Waals surface area contributed by atoms with Crippen molar-refractivity contribution in [3.63, 3.8) is 0 Å². The van der Waals surface area contributed by atoms with Crippen molar-refractivity contribution >= 4 is 33.6 Å². The molecule has 0 N–H and O–H groups in total. The second kappa shape index (κ2) is 5.08. The Labute approximate surface area is 153 Å². The molecule has 25 heavy (non-hydrogen) atoms. The number of rotatable bonds is 3. The molecule has 0 atom stereocenters. The number of halogens is 1. The maximum atomic E-state index is 12.9. The van der Waals surface area contributed by atoms with Crippen LogP contribution in [0.15, 0.2) is 53.0 Å². The van der Waals surface area contributed by atoms with Gasteiger partial charge in [-0.1, -0.05) is 22.0 Å². The van der Waals surface area contributed by atoms with Gasteiger partial charge in [-0.05, 0) is 55.2 Å². The van der Waals surface area contributed by atoms with Crippen molar-refractivity contribution in [2.45, 2.75) is 18.4 Å². The number of nitrogens with zero attached hydrogens (tertiary/aromatic N) is 2. The summed E-state index contributed by atoms with van der Waals surface area (Å²) in [7, 11) is 0. The molecule has 2 aromatic rings. The molecule has 5 nitrogen and oxygen atoms in total. The van der Waals surface area contributed by atoms with Crippen molar-refractivity contribution < 1.29 is 14.3 Å². The molecule has 0 aromatic heterocycles. The highest BCUT2D eigenvalue weighted by Crippen LogP contribution is 2.55. The van der Waals surface area contributed by atoms with Gasteiger partial charge in [0.2, 0.25) is 0 Å². The first-order chi connectivity index (χ1) is 12.1. The molecule has 2 aromatic carbocycles. The van der Waals surface area contributed by atoms with Gasteiger partial charge < -0.3 is 9.64 Å². The van der Waals surface area contributed by atoms with Gasteiger partial charge in [-0.3, -0.25) is 4.79 Å². The summed E-state index contributed by atoms with van der Waals surface area (Å²) in [5.41, 5.74) is 0.00136. The number of urea groups is 1. The van der Waals surface area contributed by atoms with Crippen LogP contribution in [0.2, 0.25) is 0 Å². The van der Waals surface area contributed by atoms with E-state index in [9.17, 15) is 9.59 Å². The monoisotopic (exact) mass is 398 g/mol. The van der Waals surface area contributed by atoms with Gasteiger partial charge in [0.15, 0.2) is 0 Å². The third-order valence-corrected chi connectivity index (χ3v) is 5.89. The maximum absolute atomic E-state index is 12.9. The Kier molecular flexibility index (Phi) is 3.04. The fraction of sp³-hybridized carbons (Fsp3) is 0.263. The molecular formula is C19H15BrN2O3. The lowest BCUT2D eigenvalue weighted by Gasteiger charge is -2.34. The molecular weight excluding hydrogens is 384 g/mol. The summed E-state index contributed by atoms with van der Waals surface area (Å²) >= 11 is 3.39. The van der Waals surface area contributed by atoms with E-state index in [4.69, 9.17) is 4.74 Å². The highest BCUT2D eigenvalue weighted by atomic mass is 79.9. The molecule has 3 aliphatic heterocycles. The lowest BCUT2D eigenvalue weighted by molar-refractivity contribution is -0.126. The fourth-order valence-corrected chi connectivity index (χ4v) is 4.46. The number of carbonyl (C=O) groups excluding carboxylic acids is 2. The van der Waals surface area contributed by atoms with Crippen molar-refractivity contribution in [3.8, 4) is 11.5 Å². The zero-order valence-electron chi connectivity index (χ0n) is 13.3. The van der Waals surface area contributed by atoms with E-state index in [1.54, 1.807) is 23.1 Å². The van der Waals surface area contributed by atoms with E-state index < -0.39 is 5.54 Å². The van der Waals surface area contributed by atoms with Crippen molar-refractivity contribution in [3.05, 3.63) is 53.0 Å². The molecule has 0 radical (unpaired) electrons. The standard InChI is InChI=1S/C19H15BrN2O3/c20-13-4-6-15(7-5-13)25-16-3-1-2-14(8-16)22-17(23)19-9-12(10-19)11-21(19)18(22)24/h1-8,12H,9-11H2. The number of ether oxygens (including phenoxy) is 1. The summed E-state index contributed by atoms with van der Waals surface area (Å²) in [6, 6.07) is 14.4. The lowest BCUT2D eigenvalue weighted by atomic mass is 9.73. The number of hydrogen-bond donors (Lipinski definition) is 0. The number of benzene rings is 2. The predicted molar refractivity (Wildman–Crippen MR) is 95.7 cm³/mol. The Morgan fingerprint density at radius 2 is 1.80 bits per heavy atom. The summed E-state index contributed by atoms with van der Waals surface area (Å²) in [4.78, 5) is 28.7. The zero-order chi connectivity index (χ0) is 17.2. The summed E-state index contributed by atoms with van der Waals surface area (Å²) < 4.78 is 6.82. The van der Waals surface area contributed by atoms with Crippen molar-refractivity contribution in [1.82, 2.24) is 4.90 Å². The van der Waals surface area contributed by atoms with Gasteiger partial charge in [0.1, 0.15) is 17.0 Å². The fourth-order valence-electron chi connectivity index (χ4n) is 4.20. The maximum Gasteiger partial charge on any atom is 0.332 e. The minimum Gasteiger partial charge on any atom is -0.457 e. The highest BCUT2D eigenvalue weighted by Gasteiger charge is 2.69. The van der Waals surface area contributed by atoms with Crippen LogP contribution in [0.1, 0.15) is 12.8 Å². The molecule has 1 spiro atoms. The third kappa shape index (κ3) is 2.07. The van der Waals surface area contributed by atoms with Gasteiger partial charge in [-0.2, -0.15) is 0 Å². The van der Waals surface area contributed by atoms with E-state index in [0.717, 1.165) is 17.3 Å². The summed E-state index contributed by atoms with van der Waals surface area (Å²) in [6.45, 7) is 0.705. The number of imide groups is 1. The summed E-state index contributed by atoms with van der Waals surface area (Å²) in [5.74, 6) is 1.70. The van der Waals surface area contributed by atoms with Crippen LogP contribution in [-0.2, 0) is 4.79 Å². The second-order valence-corrected chi connectivity index (χ2v) is 7.81. The normalized spacial score (nSPS) is 26.7. The number of amides is 3. The molecule has 4 fully saturated rings. The first-order valence-corrected chi connectivity index (χ1v) is 9.06. The molecule has 1 aliphatic carbocycles. The van der Waals surface area contributed by atoms with Crippen LogP contribution in [0.5, 0.6) is 11.5 Å². The molecule has 6 heteroatoms. The third-order valence-electron chi connectivity index (χ3n) is 5.36. The topological polar surface area (TPSA) is 49.9 Å². The molecule has 3 heterocycles. The molecule has 2 bridgehead atoms. The van der Waals surface area contributed by atoms with Crippen LogP contribution >= 0.6 is 15.9 Å². The summed E-state index contributed by atoms with van der Waals surface area (Å²) in [5, 5.41) is 0. The van der Waals surface area contributed by atoms with E-state index in [2.05, 4.69) is 15.9 Å². The molecule has 4 aliphatic rings. The van der Waals surface area contributed by atoms with Gasteiger partial charge in [0.05, 0.1) is 5.69 Å². The van der Waals surface area contributed by atoms with Gasteiger partial charge in [-0.25, -0.2) is 9.69 Å². The Hall–Kier alpha value is -2.34. The van der Waals surface area contributed by atoms with Crippen molar-refractivity contribution in [2.24, 2.45) is 5.92 Å². The SMILES string of the molecule is O=C1N(c2cccc(Oc3ccc(Br)cc3)c2)C(=O)C23CC(CN12)C3. The van der Waals surface area contributed by atoms with Crippen molar-refractivity contribution in [1.29, 1.82) is 0 Å². The predicted octanol–water partition coefficient (Wildman–Crippen LogP) is 4.17. The largest absolute Gasteiger partial charge is 0.457 e. The van der Waals surface area contributed by atoms with Gasteiger partial charge in [-0.15, -0.1) is 0 Å². The number of hydrogen-bond acceptors (Lipinski definition) is 3. The van der Waals surface area contributed by atoms with Gasteiger partial charge >= 0.3 is 6.03 Å². The minimum atomic E-state index is -0.565. The average molecular weight is 399 g/mol. The van der Waals surface area contributed by atoms with Crippen LogP contribution in [0.25, 0.3) is 0 Å². The van der Waals surface area contributed by atoms with E-state index >= 15 is 0 Å². The Morgan fingerprint density at radius 3 is 2.52 bits per heavy atom. The average Bonchev–Trinajstić information content (AvgIpc) is 3.19. The molecule has 3 saturated heterocycles. The zero-order valence-corrected chi connectivity index (χ0v) is 14.9. The number of anilines is 1. The first kappa shape index (κ1) is 15.0. The molecule has 0 unspecified atom stereocenters. The smallest absolute Gasteiger partial charge is 0.332 e. The van der Waals surface area contributed by atoms with Crippen LogP contribution in [0, 0.1) is 5.92 Å². The van der Waals surface area contributed by atoms with Crippen molar-refractivity contribution in [2.75, 3.05) is 11.4 Å². The molecule has 3 amide bonds. The number of carbonyl (C=O) groups is 2. The van der Waals surface area contributed by atoms with Gasteiger partial charge in [0.25, 0.3) is 5.91 Å². The van der Waals surface area contributed by atoms with E-state index in [1.165, 1.54) is 4.90 Å². The quantitative estimate of drug-likeness (QED) is 0.728. The molecule has 6 rings (SSSR count). The van der Waals surface area contributed by atoms with Crippen LogP contribution in [0.4, 0.5) is 10.5 Å². The molecule has 1 saturated carbocycles. The second-order valence-electron chi connectivity index (χ2n) is 6.89. The Balaban J connectivity index is 1.44. The van der Waals surface area contributed by atoms with Crippen LogP contribution in [0.3, 0.4) is 0 Å². The van der Waals surface area contributed by atoms with E-state index in [0.29, 0.717) is 29.6 Å². The summed E-state index contributed by atoms with van der Waals surface area (Å²) in [6.07, 6.45) is 1.62. The Morgan fingerprint density at radius 1 is 1.04 bits per heavy atom. The Bertz CT molecular complexity index is 887. The first-order valence-electron chi connectivity index (χ1n) is 8.26. The molecule has 126 valence electrons. The highest BCUT2D eigenvalue weighted by molar-refractivity contribution is 9.10. The van der Waals surface area contributed by atoms with E-state index in [-0.39, 0.29) is 11.9 Å². The van der Waals surface area contributed by atoms with Gasteiger partial charge in [0, 0.05) is 17.1 Å². The lowest BCUT2D eigenvalue weighted by Crippen LogP contribution is -2.49. The van der Waals surface area contributed by atoms with E-state index in [1.807, 2.05) is 30.3 Å².